The largest absolute Gasteiger partial charge is 0.381 e. The summed E-state index contributed by atoms with van der Waals surface area (Å²) in [6.45, 7) is 5.39. The molecule has 166 valence electrons. The van der Waals surface area contributed by atoms with E-state index in [0.29, 0.717) is 18.0 Å². The zero-order valence-electron chi connectivity index (χ0n) is 18.1. The molecule has 3 aromatic rings. The Labute approximate surface area is 187 Å². The minimum absolute atomic E-state index is 0.0779. The number of morpholine rings is 1. The summed E-state index contributed by atoms with van der Waals surface area (Å²) in [5.41, 5.74) is 3.07. The van der Waals surface area contributed by atoms with Gasteiger partial charge in [0.25, 0.3) is 5.91 Å². The lowest BCUT2D eigenvalue weighted by molar-refractivity contribution is 0.00167. The van der Waals surface area contributed by atoms with Gasteiger partial charge in [0.05, 0.1) is 36.6 Å². The monoisotopic (exact) mass is 432 g/mol. The number of carbonyl (C=O) groups excluding carboxylic acids is 1. The summed E-state index contributed by atoms with van der Waals surface area (Å²) < 4.78 is 11.2. The smallest absolute Gasteiger partial charge is 0.252 e. The fourth-order valence-electron chi connectivity index (χ4n) is 4.68. The van der Waals surface area contributed by atoms with Gasteiger partial charge in [-0.25, -0.2) is 4.98 Å². The zero-order chi connectivity index (χ0) is 21.8. The van der Waals surface area contributed by atoms with Crippen LogP contribution in [0.5, 0.6) is 0 Å². The van der Waals surface area contributed by atoms with Crippen LogP contribution in [0, 0.1) is 5.92 Å². The molecule has 2 fully saturated rings. The van der Waals surface area contributed by atoms with Gasteiger partial charge in [-0.2, -0.15) is 0 Å². The maximum absolute atomic E-state index is 13.4. The second kappa shape index (κ2) is 9.73. The summed E-state index contributed by atoms with van der Waals surface area (Å²) in [5, 5.41) is 4.08. The number of pyridine rings is 2. The third kappa shape index (κ3) is 4.50. The number of rotatable bonds is 6. The Hall–Kier alpha value is -2.87. The van der Waals surface area contributed by atoms with Gasteiger partial charge in [0.2, 0.25) is 0 Å². The Morgan fingerprint density at radius 2 is 2.00 bits per heavy atom. The molecule has 0 saturated carbocycles. The molecule has 7 heteroatoms. The highest BCUT2D eigenvalue weighted by atomic mass is 16.5. The molecule has 0 spiro atoms. The predicted molar refractivity (Wildman–Crippen MR) is 122 cm³/mol. The first kappa shape index (κ1) is 21.0. The molecule has 7 nitrogen and oxygen atoms in total. The molecule has 32 heavy (non-hydrogen) atoms. The highest BCUT2D eigenvalue weighted by Crippen LogP contribution is 2.25. The molecule has 1 N–H and O–H groups in total. The van der Waals surface area contributed by atoms with E-state index in [0.717, 1.165) is 68.1 Å². The van der Waals surface area contributed by atoms with E-state index in [4.69, 9.17) is 14.5 Å². The van der Waals surface area contributed by atoms with Crippen molar-refractivity contribution >= 4 is 16.8 Å². The summed E-state index contributed by atoms with van der Waals surface area (Å²) in [4.78, 5) is 24.8. The Morgan fingerprint density at radius 3 is 2.78 bits per heavy atom. The average Bonchev–Trinajstić information content (AvgIpc) is 3.39. The fourth-order valence-corrected chi connectivity index (χ4v) is 4.68. The van der Waals surface area contributed by atoms with Gasteiger partial charge in [-0.3, -0.25) is 14.7 Å². The molecule has 2 atom stereocenters. The van der Waals surface area contributed by atoms with E-state index < -0.39 is 0 Å². The zero-order valence-corrected chi connectivity index (χ0v) is 18.1. The van der Waals surface area contributed by atoms with Crippen LogP contribution in [0.3, 0.4) is 0 Å². The van der Waals surface area contributed by atoms with Crippen molar-refractivity contribution in [3.05, 3.63) is 60.4 Å². The molecule has 1 aromatic carbocycles. The first-order valence-corrected chi connectivity index (χ1v) is 11.3. The second-order valence-corrected chi connectivity index (χ2v) is 8.36. The number of amides is 1. The summed E-state index contributed by atoms with van der Waals surface area (Å²) in [7, 11) is 0. The minimum Gasteiger partial charge on any atom is -0.381 e. The number of nitrogens with zero attached hydrogens (tertiary/aromatic N) is 3. The molecule has 0 bridgehead atoms. The van der Waals surface area contributed by atoms with Crippen LogP contribution < -0.4 is 5.32 Å². The van der Waals surface area contributed by atoms with Crippen molar-refractivity contribution in [1.82, 2.24) is 20.2 Å². The SMILES string of the molecule is O=C(NCC(C1CCOC1)N1CCOCC1)c1cc(-c2cccnc2)nc2ccccc12. The van der Waals surface area contributed by atoms with E-state index in [-0.39, 0.29) is 11.9 Å². The highest BCUT2D eigenvalue weighted by Gasteiger charge is 2.32. The lowest BCUT2D eigenvalue weighted by atomic mass is 9.96. The van der Waals surface area contributed by atoms with E-state index >= 15 is 0 Å². The van der Waals surface area contributed by atoms with E-state index in [1.54, 1.807) is 12.4 Å². The van der Waals surface area contributed by atoms with Gasteiger partial charge < -0.3 is 14.8 Å². The highest BCUT2D eigenvalue weighted by molar-refractivity contribution is 6.07. The molecule has 0 aliphatic carbocycles. The number of hydrogen-bond acceptors (Lipinski definition) is 6. The maximum atomic E-state index is 13.4. The van der Waals surface area contributed by atoms with Crippen LogP contribution in [0.15, 0.2) is 54.9 Å². The van der Waals surface area contributed by atoms with Gasteiger partial charge in [-0.1, -0.05) is 18.2 Å². The molecule has 0 radical (unpaired) electrons. The Kier molecular flexibility index (Phi) is 6.39. The normalized spacial score (nSPS) is 20.3. The van der Waals surface area contributed by atoms with E-state index in [1.807, 2.05) is 42.5 Å². The van der Waals surface area contributed by atoms with Gasteiger partial charge in [0.1, 0.15) is 0 Å². The number of aromatic nitrogens is 2. The molecule has 2 aliphatic heterocycles. The number of carbonyl (C=O) groups is 1. The molecule has 2 saturated heterocycles. The van der Waals surface area contributed by atoms with Crippen LogP contribution in [0.1, 0.15) is 16.8 Å². The van der Waals surface area contributed by atoms with Crippen LogP contribution in [-0.4, -0.2) is 72.9 Å². The van der Waals surface area contributed by atoms with Gasteiger partial charge >= 0.3 is 0 Å². The quantitative estimate of drug-likeness (QED) is 0.646. The Morgan fingerprint density at radius 1 is 1.12 bits per heavy atom. The molecule has 4 heterocycles. The van der Waals surface area contributed by atoms with Gasteiger partial charge in [0, 0.05) is 61.5 Å². The van der Waals surface area contributed by atoms with Gasteiger partial charge in [-0.05, 0) is 30.7 Å². The van der Waals surface area contributed by atoms with Crippen molar-refractivity contribution in [3.63, 3.8) is 0 Å². The number of para-hydroxylation sites is 1. The number of hydrogen-bond donors (Lipinski definition) is 1. The van der Waals surface area contributed by atoms with Crippen molar-refractivity contribution in [2.45, 2.75) is 12.5 Å². The molecule has 1 amide bonds. The van der Waals surface area contributed by atoms with E-state index in [9.17, 15) is 4.79 Å². The third-order valence-corrected chi connectivity index (χ3v) is 6.41. The Balaban J connectivity index is 1.41. The van der Waals surface area contributed by atoms with Gasteiger partial charge in [-0.15, -0.1) is 0 Å². The van der Waals surface area contributed by atoms with Crippen molar-refractivity contribution in [3.8, 4) is 11.3 Å². The van der Waals surface area contributed by atoms with Gasteiger partial charge in [0.15, 0.2) is 0 Å². The second-order valence-electron chi connectivity index (χ2n) is 8.36. The third-order valence-electron chi connectivity index (χ3n) is 6.41. The summed E-state index contributed by atoms with van der Waals surface area (Å²) in [6.07, 6.45) is 4.53. The lowest BCUT2D eigenvalue weighted by Crippen LogP contribution is -2.52. The number of nitrogens with one attached hydrogen (secondary N) is 1. The minimum atomic E-state index is -0.0779. The maximum Gasteiger partial charge on any atom is 0.252 e. The average molecular weight is 433 g/mol. The molecular weight excluding hydrogens is 404 g/mol. The lowest BCUT2D eigenvalue weighted by Gasteiger charge is -2.37. The van der Waals surface area contributed by atoms with E-state index in [2.05, 4.69) is 15.2 Å². The fraction of sp³-hybridized carbons (Fsp3) is 0.400. The summed E-state index contributed by atoms with van der Waals surface area (Å²) >= 11 is 0. The molecule has 2 aromatic heterocycles. The topological polar surface area (TPSA) is 76.6 Å². The van der Waals surface area contributed by atoms with E-state index in [1.165, 1.54) is 0 Å². The van der Waals surface area contributed by atoms with Crippen LogP contribution in [0.2, 0.25) is 0 Å². The molecule has 2 unspecified atom stereocenters. The number of fused-ring (bicyclic) bond motifs is 1. The van der Waals surface area contributed by atoms with Crippen molar-refractivity contribution < 1.29 is 14.3 Å². The molecule has 5 rings (SSSR count). The molecular formula is C25H28N4O3. The summed E-state index contributed by atoms with van der Waals surface area (Å²) in [6, 6.07) is 13.7. The van der Waals surface area contributed by atoms with Crippen molar-refractivity contribution in [2.24, 2.45) is 5.92 Å². The number of ether oxygens (including phenoxy) is 2. The van der Waals surface area contributed by atoms with Crippen LogP contribution in [0.25, 0.3) is 22.2 Å². The first-order chi connectivity index (χ1) is 15.8. The van der Waals surface area contributed by atoms with Crippen molar-refractivity contribution in [2.75, 3.05) is 46.1 Å². The van der Waals surface area contributed by atoms with Crippen LogP contribution in [-0.2, 0) is 9.47 Å². The van der Waals surface area contributed by atoms with Crippen molar-refractivity contribution in [1.29, 1.82) is 0 Å². The number of benzene rings is 1. The standard InChI is InChI=1S/C25H28N4O3/c30-25(27-16-24(19-7-11-32-17-19)29-9-12-31-13-10-29)21-14-23(18-4-3-8-26-15-18)28-22-6-2-1-5-20(21)22/h1-6,8,14-15,19,24H,7,9-13,16-17H2,(H,27,30). The molecule has 2 aliphatic rings. The van der Waals surface area contributed by atoms with Crippen LogP contribution in [0.4, 0.5) is 0 Å². The summed E-state index contributed by atoms with van der Waals surface area (Å²) in [5.74, 6) is 0.347. The predicted octanol–water partition coefficient (Wildman–Crippen LogP) is 2.76. The van der Waals surface area contributed by atoms with Crippen LogP contribution >= 0.6 is 0 Å². The Bertz CT molecular complexity index is 1060. The first-order valence-electron chi connectivity index (χ1n) is 11.3.